The molecule has 0 aromatic heterocycles. The van der Waals surface area contributed by atoms with Crippen LogP contribution in [0, 0.1) is 0 Å². The van der Waals surface area contributed by atoms with E-state index in [0.717, 1.165) is 11.8 Å². The summed E-state index contributed by atoms with van der Waals surface area (Å²) in [5.74, 6) is -0.607. The molecule has 0 saturated heterocycles. The SMILES string of the molecule is COC(=O)c1cc(COC(F)F)cc(SC(C)=O)c1. The van der Waals surface area contributed by atoms with Crippen LogP contribution in [-0.4, -0.2) is 24.8 Å². The van der Waals surface area contributed by atoms with E-state index >= 15 is 0 Å². The van der Waals surface area contributed by atoms with Gasteiger partial charge >= 0.3 is 12.6 Å². The molecule has 4 nitrogen and oxygen atoms in total. The number of alkyl halides is 2. The zero-order chi connectivity index (χ0) is 14.4. The fourth-order valence-corrected chi connectivity index (χ4v) is 2.09. The van der Waals surface area contributed by atoms with Gasteiger partial charge in [0.05, 0.1) is 19.3 Å². The zero-order valence-corrected chi connectivity index (χ0v) is 11.1. The van der Waals surface area contributed by atoms with Crippen LogP contribution in [0.5, 0.6) is 0 Å². The summed E-state index contributed by atoms with van der Waals surface area (Å²) in [7, 11) is 1.21. The fourth-order valence-electron chi connectivity index (χ4n) is 1.36. The second kappa shape index (κ2) is 7.20. The van der Waals surface area contributed by atoms with Crippen molar-refractivity contribution in [2.24, 2.45) is 0 Å². The van der Waals surface area contributed by atoms with Crippen molar-refractivity contribution >= 4 is 22.8 Å². The van der Waals surface area contributed by atoms with Gasteiger partial charge in [-0.15, -0.1) is 0 Å². The molecule has 0 atom stereocenters. The Kier molecular flexibility index (Phi) is 5.91. The lowest BCUT2D eigenvalue weighted by atomic mass is 10.1. The highest BCUT2D eigenvalue weighted by Crippen LogP contribution is 2.23. The molecule has 0 aliphatic carbocycles. The standard InChI is InChI=1S/C12H12F2O4S/c1-7(15)19-10-4-8(6-18-12(13)14)3-9(5-10)11(16)17-2/h3-5,12H,6H2,1-2H3. The van der Waals surface area contributed by atoms with E-state index in [9.17, 15) is 18.4 Å². The van der Waals surface area contributed by atoms with Crippen molar-refractivity contribution in [2.45, 2.75) is 25.0 Å². The molecular weight excluding hydrogens is 278 g/mol. The molecule has 0 aliphatic rings. The van der Waals surface area contributed by atoms with Gasteiger partial charge in [-0.1, -0.05) is 11.8 Å². The first kappa shape index (κ1) is 15.6. The number of halogens is 2. The first-order valence-electron chi connectivity index (χ1n) is 5.23. The Morgan fingerprint density at radius 2 is 2.00 bits per heavy atom. The molecule has 0 aliphatic heterocycles. The molecule has 1 aromatic rings. The van der Waals surface area contributed by atoms with E-state index in [1.807, 2.05) is 0 Å². The average Bonchev–Trinajstić information content (AvgIpc) is 2.34. The van der Waals surface area contributed by atoms with Gasteiger partial charge < -0.3 is 9.47 Å². The highest BCUT2D eigenvalue weighted by Gasteiger charge is 2.12. The van der Waals surface area contributed by atoms with Crippen molar-refractivity contribution in [2.75, 3.05) is 7.11 Å². The van der Waals surface area contributed by atoms with Gasteiger partial charge in [0.15, 0.2) is 5.12 Å². The third-order valence-corrected chi connectivity index (χ3v) is 2.78. The molecule has 0 radical (unpaired) electrons. The highest BCUT2D eigenvalue weighted by atomic mass is 32.2. The molecule has 0 saturated carbocycles. The van der Waals surface area contributed by atoms with Gasteiger partial charge in [0, 0.05) is 11.8 Å². The summed E-state index contributed by atoms with van der Waals surface area (Å²) in [6.45, 7) is -1.88. The maximum atomic E-state index is 12.0. The number of hydrogen-bond acceptors (Lipinski definition) is 5. The quantitative estimate of drug-likeness (QED) is 0.616. The Hall–Kier alpha value is -1.47. The van der Waals surface area contributed by atoms with E-state index in [2.05, 4.69) is 9.47 Å². The molecule has 1 aromatic carbocycles. The van der Waals surface area contributed by atoms with Gasteiger partial charge in [0.25, 0.3) is 0 Å². The molecule has 1 rings (SSSR count). The Morgan fingerprint density at radius 3 is 2.53 bits per heavy atom. The van der Waals surface area contributed by atoms with E-state index in [1.165, 1.54) is 32.2 Å². The molecule has 0 amide bonds. The maximum Gasteiger partial charge on any atom is 0.345 e. The van der Waals surface area contributed by atoms with Crippen molar-refractivity contribution in [1.82, 2.24) is 0 Å². The van der Waals surface area contributed by atoms with Gasteiger partial charge in [-0.05, 0) is 23.8 Å². The van der Waals surface area contributed by atoms with Crippen molar-refractivity contribution in [3.63, 3.8) is 0 Å². The summed E-state index contributed by atoms with van der Waals surface area (Å²) in [6, 6.07) is 4.36. The average molecular weight is 290 g/mol. The van der Waals surface area contributed by atoms with E-state index < -0.39 is 12.6 Å². The van der Waals surface area contributed by atoms with Gasteiger partial charge in [0.1, 0.15) is 0 Å². The van der Waals surface area contributed by atoms with E-state index in [4.69, 9.17) is 0 Å². The van der Waals surface area contributed by atoms with Crippen LogP contribution in [0.25, 0.3) is 0 Å². The topological polar surface area (TPSA) is 52.6 Å². The number of hydrogen-bond donors (Lipinski definition) is 0. The van der Waals surface area contributed by atoms with Gasteiger partial charge in [0.2, 0.25) is 0 Å². The third kappa shape index (κ3) is 5.35. The van der Waals surface area contributed by atoms with Crippen LogP contribution < -0.4 is 0 Å². The summed E-state index contributed by atoms with van der Waals surface area (Å²) >= 11 is 0.899. The largest absolute Gasteiger partial charge is 0.465 e. The summed E-state index contributed by atoms with van der Waals surface area (Å²) in [5.41, 5.74) is 0.550. The van der Waals surface area contributed by atoms with Crippen LogP contribution in [-0.2, 0) is 20.9 Å². The lowest BCUT2D eigenvalue weighted by Gasteiger charge is -2.08. The maximum absolute atomic E-state index is 12.0. The van der Waals surface area contributed by atoms with Crippen LogP contribution in [0.1, 0.15) is 22.8 Å². The van der Waals surface area contributed by atoms with E-state index in [0.29, 0.717) is 10.5 Å². The summed E-state index contributed by atoms with van der Waals surface area (Å²) in [5, 5.41) is -0.178. The first-order valence-corrected chi connectivity index (χ1v) is 6.04. The lowest BCUT2D eigenvalue weighted by molar-refractivity contribution is -0.137. The summed E-state index contributed by atoms with van der Waals surface area (Å²) < 4.78 is 32.7. The minimum Gasteiger partial charge on any atom is -0.465 e. The molecule has 104 valence electrons. The normalized spacial score (nSPS) is 10.6. The molecule has 0 fully saturated rings. The fraction of sp³-hybridized carbons (Fsp3) is 0.333. The highest BCUT2D eigenvalue weighted by molar-refractivity contribution is 8.13. The van der Waals surface area contributed by atoms with Crippen LogP contribution in [0.2, 0.25) is 0 Å². The molecule has 7 heteroatoms. The number of methoxy groups -OCH3 is 1. The van der Waals surface area contributed by atoms with Crippen molar-refractivity contribution in [3.8, 4) is 0 Å². The van der Waals surface area contributed by atoms with Gasteiger partial charge in [-0.2, -0.15) is 8.78 Å². The van der Waals surface area contributed by atoms with E-state index in [-0.39, 0.29) is 17.3 Å². The lowest BCUT2D eigenvalue weighted by Crippen LogP contribution is -2.05. The summed E-state index contributed by atoms with van der Waals surface area (Å²) in [6.07, 6.45) is 0. The third-order valence-electron chi connectivity index (χ3n) is 2.02. The Labute approximate surface area is 113 Å². The Balaban J connectivity index is 3.01. The molecule has 0 spiro atoms. The number of thioether (sulfide) groups is 1. The predicted molar refractivity (Wildman–Crippen MR) is 65.1 cm³/mol. The predicted octanol–water partition coefficient (Wildman–Crippen LogP) is 2.85. The second-order valence-electron chi connectivity index (χ2n) is 3.52. The zero-order valence-electron chi connectivity index (χ0n) is 10.3. The molecular formula is C12H12F2O4S. The van der Waals surface area contributed by atoms with Gasteiger partial charge in [-0.25, -0.2) is 4.79 Å². The smallest absolute Gasteiger partial charge is 0.345 e. The van der Waals surface area contributed by atoms with Crippen molar-refractivity contribution in [1.29, 1.82) is 0 Å². The minimum atomic E-state index is -2.90. The molecule has 0 heterocycles. The monoisotopic (exact) mass is 290 g/mol. The van der Waals surface area contributed by atoms with Crippen molar-refractivity contribution < 1.29 is 27.8 Å². The van der Waals surface area contributed by atoms with Crippen LogP contribution >= 0.6 is 11.8 Å². The Morgan fingerprint density at radius 1 is 1.32 bits per heavy atom. The second-order valence-corrected chi connectivity index (χ2v) is 4.77. The number of ether oxygens (including phenoxy) is 2. The number of rotatable bonds is 5. The number of carbonyl (C=O) groups excluding carboxylic acids is 2. The minimum absolute atomic E-state index is 0.178. The van der Waals surface area contributed by atoms with Crippen LogP contribution in [0.15, 0.2) is 23.1 Å². The molecule has 0 N–H and O–H groups in total. The van der Waals surface area contributed by atoms with Crippen LogP contribution in [0.4, 0.5) is 8.78 Å². The van der Waals surface area contributed by atoms with Gasteiger partial charge in [-0.3, -0.25) is 4.79 Å². The number of benzene rings is 1. The van der Waals surface area contributed by atoms with Crippen LogP contribution in [0.3, 0.4) is 0 Å². The molecule has 0 bridgehead atoms. The Bertz CT molecular complexity index is 477. The summed E-state index contributed by atoms with van der Waals surface area (Å²) in [4.78, 5) is 22.9. The molecule has 19 heavy (non-hydrogen) atoms. The van der Waals surface area contributed by atoms with Crippen molar-refractivity contribution in [3.05, 3.63) is 29.3 Å². The number of carbonyl (C=O) groups is 2. The van der Waals surface area contributed by atoms with E-state index in [1.54, 1.807) is 0 Å². The number of esters is 1. The first-order chi connectivity index (χ1) is 8.92. The molecule has 0 unspecified atom stereocenters.